The number of hydrogen-bond acceptors (Lipinski definition) is 5. The molecule has 2 aromatic rings. The molecule has 21 heavy (non-hydrogen) atoms. The van der Waals surface area contributed by atoms with Gasteiger partial charge in [0.25, 0.3) is 0 Å². The quantitative estimate of drug-likeness (QED) is 0.888. The van der Waals surface area contributed by atoms with Gasteiger partial charge in [-0.2, -0.15) is 11.8 Å². The number of amides is 1. The van der Waals surface area contributed by atoms with Gasteiger partial charge in [-0.15, -0.1) is 11.3 Å². The van der Waals surface area contributed by atoms with Crippen LogP contribution in [-0.4, -0.2) is 43.4 Å². The number of nitrogens with zero attached hydrogens (tertiary/aromatic N) is 2. The van der Waals surface area contributed by atoms with Crippen molar-refractivity contribution in [2.24, 2.45) is 0 Å². The zero-order chi connectivity index (χ0) is 14.9. The van der Waals surface area contributed by atoms with Crippen LogP contribution >= 0.6 is 23.1 Å². The summed E-state index contributed by atoms with van der Waals surface area (Å²) in [5, 5.41) is 14.1. The predicted octanol–water partition coefficient (Wildman–Crippen LogP) is 1.40. The number of carboxylic acids is 1. The molecule has 6 nitrogen and oxygen atoms in total. The molecule has 1 aliphatic rings. The Balaban J connectivity index is 1.73. The van der Waals surface area contributed by atoms with Gasteiger partial charge in [-0.25, -0.2) is 9.78 Å². The summed E-state index contributed by atoms with van der Waals surface area (Å²) < 4.78 is 1.86. The smallest absolute Gasteiger partial charge is 0.329 e. The molecule has 0 saturated carbocycles. The zero-order valence-electron chi connectivity index (χ0n) is 11.2. The molecular weight excluding hydrogens is 310 g/mol. The highest BCUT2D eigenvalue weighted by Crippen LogP contribution is 2.27. The van der Waals surface area contributed by atoms with Gasteiger partial charge in [-0.05, 0) is 24.3 Å². The van der Waals surface area contributed by atoms with E-state index in [1.54, 1.807) is 24.2 Å². The van der Waals surface area contributed by atoms with Crippen LogP contribution in [0, 0.1) is 0 Å². The Kier molecular flexibility index (Phi) is 3.90. The molecule has 3 heterocycles. The molecule has 0 radical (unpaired) electrons. The summed E-state index contributed by atoms with van der Waals surface area (Å²) in [6.07, 6.45) is 4.60. The number of hydrogen-bond donors (Lipinski definition) is 2. The minimum absolute atomic E-state index is 0.165. The van der Waals surface area contributed by atoms with E-state index in [0.29, 0.717) is 12.8 Å². The maximum atomic E-state index is 12.2. The molecule has 1 saturated heterocycles. The highest BCUT2D eigenvalue weighted by atomic mass is 32.2. The van der Waals surface area contributed by atoms with Crippen molar-refractivity contribution in [3.05, 3.63) is 23.5 Å². The summed E-state index contributed by atoms with van der Waals surface area (Å²) >= 11 is 3.19. The first kappa shape index (κ1) is 14.4. The zero-order valence-corrected chi connectivity index (χ0v) is 12.9. The van der Waals surface area contributed by atoms with Crippen LogP contribution < -0.4 is 5.32 Å². The van der Waals surface area contributed by atoms with Crippen LogP contribution in [0.2, 0.25) is 0 Å². The lowest BCUT2D eigenvalue weighted by Gasteiger charge is -2.33. The SMILES string of the molecule is O=C(Cc1csc2nccn12)NC1(C(=O)O)CCSCC1. The standard InChI is InChI=1S/C13H15N3O3S2/c17-10(7-9-8-21-12-14-3-4-16(9)12)15-13(11(18)19)1-5-20-6-2-13/h3-4,8H,1-2,5-7H2,(H,15,17)(H,18,19). The molecule has 0 aromatic carbocycles. The van der Waals surface area contributed by atoms with Crippen molar-refractivity contribution in [1.82, 2.24) is 14.7 Å². The van der Waals surface area contributed by atoms with Gasteiger partial charge < -0.3 is 10.4 Å². The molecule has 112 valence electrons. The molecule has 1 amide bonds. The molecule has 0 unspecified atom stereocenters. The molecule has 0 bridgehead atoms. The average Bonchev–Trinajstić information content (AvgIpc) is 3.05. The third kappa shape index (κ3) is 2.77. The van der Waals surface area contributed by atoms with Crippen LogP contribution in [0.15, 0.2) is 17.8 Å². The van der Waals surface area contributed by atoms with Crippen molar-refractivity contribution in [1.29, 1.82) is 0 Å². The Labute approximate surface area is 129 Å². The second-order valence-corrected chi connectivity index (χ2v) is 7.09. The van der Waals surface area contributed by atoms with Crippen LogP contribution in [0.25, 0.3) is 4.96 Å². The van der Waals surface area contributed by atoms with Gasteiger partial charge in [0.15, 0.2) is 4.96 Å². The Morgan fingerprint density at radius 3 is 2.90 bits per heavy atom. The van der Waals surface area contributed by atoms with Crippen molar-refractivity contribution >= 4 is 39.9 Å². The van der Waals surface area contributed by atoms with E-state index >= 15 is 0 Å². The van der Waals surface area contributed by atoms with E-state index in [9.17, 15) is 14.7 Å². The van der Waals surface area contributed by atoms with Crippen LogP contribution in [0.3, 0.4) is 0 Å². The lowest BCUT2D eigenvalue weighted by atomic mass is 9.92. The molecule has 0 aliphatic carbocycles. The van der Waals surface area contributed by atoms with E-state index in [4.69, 9.17) is 0 Å². The Morgan fingerprint density at radius 2 is 2.19 bits per heavy atom. The van der Waals surface area contributed by atoms with Crippen LogP contribution in [0.4, 0.5) is 0 Å². The fourth-order valence-corrected chi connectivity index (χ4v) is 4.53. The minimum atomic E-state index is -1.10. The molecule has 2 aromatic heterocycles. The first-order chi connectivity index (χ1) is 10.1. The second kappa shape index (κ2) is 5.69. The van der Waals surface area contributed by atoms with Gasteiger partial charge in [-0.1, -0.05) is 0 Å². The van der Waals surface area contributed by atoms with E-state index in [1.165, 1.54) is 11.3 Å². The van der Waals surface area contributed by atoms with Crippen molar-refractivity contribution in [3.63, 3.8) is 0 Å². The molecule has 1 aliphatic heterocycles. The van der Waals surface area contributed by atoms with Gasteiger partial charge in [0.1, 0.15) is 5.54 Å². The topological polar surface area (TPSA) is 83.7 Å². The lowest BCUT2D eigenvalue weighted by molar-refractivity contribution is -0.148. The van der Waals surface area contributed by atoms with E-state index in [1.807, 2.05) is 9.78 Å². The normalized spacial score (nSPS) is 17.7. The van der Waals surface area contributed by atoms with Gasteiger partial charge in [0, 0.05) is 23.5 Å². The van der Waals surface area contributed by atoms with Crippen molar-refractivity contribution in [3.8, 4) is 0 Å². The summed E-state index contributed by atoms with van der Waals surface area (Å²) in [6.45, 7) is 0. The second-order valence-electron chi connectivity index (χ2n) is 5.03. The third-order valence-corrected chi connectivity index (χ3v) is 5.58. The van der Waals surface area contributed by atoms with Crippen LogP contribution in [0.1, 0.15) is 18.5 Å². The van der Waals surface area contributed by atoms with Gasteiger partial charge in [0.2, 0.25) is 5.91 Å². The highest BCUT2D eigenvalue weighted by Gasteiger charge is 2.41. The molecule has 3 rings (SSSR count). The number of aliphatic carboxylic acids is 1. The van der Waals surface area contributed by atoms with E-state index in [0.717, 1.165) is 22.2 Å². The van der Waals surface area contributed by atoms with Gasteiger partial charge in [-0.3, -0.25) is 9.20 Å². The number of nitrogens with one attached hydrogen (secondary N) is 1. The number of rotatable bonds is 4. The number of fused-ring (bicyclic) bond motifs is 1. The number of carbonyl (C=O) groups excluding carboxylic acids is 1. The molecule has 2 N–H and O–H groups in total. The predicted molar refractivity (Wildman–Crippen MR) is 81.8 cm³/mol. The minimum Gasteiger partial charge on any atom is -0.480 e. The number of aromatic nitrogens is 2. The maximum absolute atomic E-state index is 12.2. The number of carbonyl (C=O) groups is 2. The molecule has 0 atom stereocenters. The largest absolute Gasteiger partial charge is 0.480 e. The summed E-state index contributed by atoms with van der Waals surface area (Å²) in [7, 11) is 0. The first-order valence-corrected chi connectivity index (χ1v) is 8.66. The van der Waals surface area contributed by atoms with Gasteiger partial charge >= 0.3 is 5.97 Å². The molecule has 0 spiro atoms. The maximum Gasteiger partial charge on any atom is 0.329 e. The Hall–Kier alpha value is -1.54. The number of thioether (sulfide) groups is 1. The van der Waals surface area contributed by atoms with Crippen LogP contribution in [0.5, 0.6) is 0 Å². The van der Waals surface area contributed by atoms with Crippen molar-refractivity contribution in [2.75, 3.05) is 11.5 Å². The fraction of sp³-hybridized carbons (Fsp3) is 0.462. The van der Waals surface area contributed by atoms with Crippen molar-refractivity contribution in [2.45, 2.75) is 24.8 Å². The first-order valence-electron chi connectivity index (χ1n) is 6.62. The third-order valence-electron chi connectivity index (χ3n) is 3.69. The fourth-order valence-electron chi connectivity index (χ4n) is 2.49. The van der Waals surface area contributed by atoms with E-state index < -0.39 is 11.5 Å². The summed E-state index contributed by atoms with van der Waals surface area (Å²) in [6, 6.07) is 0. The lowest BCUT2D eigenvalue weighted by Crippen LogP contribution is -2.56. The molecule has 1 fully saturated rings. The number of imidazole rings is 1. The Bertz CT molecular complexity index is 673. The van der Waals surface area contributed by atoms with E-state index in [2.05, 4.69) is 10.3 Å². The summed E-state index contributed by atoms with van der Waals surface area (Å²) in [4.78, 5) is 28.8. The highest BCUT2D eigenvalue weighted by molar-refractivity contribution is 7.99. The summed E-state index contributed by atoms with van der Waals surface area (Å²) in [5.41, 5.74) is -0.275. The van der Waals surface area contributed by atoms with Gasteiger partial charge in [0.05, 0.1) is 6.42 Å². The summed E-state index contributed by atoms with van der Waals surface area (Å²) in [5.74, 6) is 0.333. The molecular formula is C13H15N3O3S2. The van der Waals surface area contributed by atoms with Crippen molar-refractivity contribution < 1.29 is 14.7 Å². The number of carboxylic acid groups (broad SMARTS) is 1. The molecule has 8 heteroatoms. The monoisotopic (exact) mass is 325 g/mol. The number of thiazole rings is 1. The van der Waals surface area contributed by atoms with Crippen LogP contribution in [-0.2, 0) is 16.0 Å². The average molecular weight is 325 g/mol. The Morgan fingerprint density at radius 1 is 1.43 bits per heavy atom. The van der Waals surface area contributed by atoms with E-state index in [-0.39, 0.29) is 12.3 Å².